The Morgan fingerprint density at radius 1 is 1.31 bits per heavy atom. The van der Waals surface area contributed by atoms with Crippen molar-refractivity contribution in [1.82, 2.24) is 0 Å². The van der Waals surface area contributed by atoms with Gasteiger partial charge in [0.1, 0.15) is 0 Å². The van der Waals surface area contributed by atoms with E-state index in [0.29, 0.717) is 5.56 Å². The molecule has 0 saturated carbocycles. The highest BCUT2D eigenvalue weighted by Gasteiger charge is 2.08. The average molecular weight is 177 g/mol. The van der Waals surface area contributed by atoms with Crippen LogP contribution in [0.2, 0.25) is 0 Å². The third-order valence-corrected chi connectivity index (χ3v) is 1.72. The molecule has 0 heterocycles. The molecule has 0 aromatic heterocycles. The minimum Gasteiger partial charge on any atom is -0.352 e. The molecule has 0 radical (unpaired) electrons. The van der Waals surface area contributed by atoms with E-state index in [4.69, 9.17) is 14.7 Å². The third kappa shape index (κ3) is 2.28. The lowest BCUT2D eigenvalue weighted by atomic mass is 10.1. The summed E-state index contributed by atoms with van der Waals surface area (Å²) in [4.78, 5) is 0. The number of hydrogen-bond acceptors (Lipinski definition) is 3. The quantitative estimate of drug-likeness (QED) is 0.661. The first-order valence-corrected chi connectivity index (χ1v) is 3.87. The molecule has 0 amide bonds. The van der Waals surface area contributed by atoms with E-state index in [1.54, 1.807) is 32.4 Å². The van der Waals surface area contributed by atoms with Gasteiger partial charge in [-0.2, -0.15) is 5.26 Å². The molecule has 0 aliphatic heterocycles. The zero-order chi connectivity index (χ0) is 9.68. The Labute approximate surface area is 77.5 Å². The van der Waals surface area contributed by atoms with Gasteiger partial charge in [-0.3, -0.25) is 0 Å². The number of hydrogen-bond donors (Lipinski definition) is 0. The molecular weight excluding hydrogens is 166 g/mol. The first kappa shape index (κ1) is 9.72. The van der Waals surface area contributed by atoms with Crippen molar-refractivity contribution in [3.05, 3.63) is 35.4 Å². The topological polar surface area (TPSA) is 42.2 Å². The fourth-order valence-electron chi connectivity index (χ4n) is 1.12. The molecule has 68 valence electrons. The van der Waals surface area contributed by atoms with Gasteiger partial charge in [0.2, 0.25) is 0 Å². The van der Waals surface area contributed by atoms with Crippen molar-refractivity contribution in [2.45, 2.75) is 6.29 Å². The zero-order valence-corrected chi connectivity index (χ0v) is 7.65. The number of nitriles is 1. The Morgan fingerprint density at radius 3 is 2.54 bits per heavy atom. The first-order chi connectivity index (χ1) is 6.31. The van der Waals surface area contributed by atoms with Crippen LogP contribution in [0.15, 0.2) is 24.3 Å². The molecule has 0 spiro atoms. The van der Waals surface area contributed by atoms with Gasteiger partial charge in [-0.1, -0.05) is 12.1 Å². The van der Waals surface area contributed by atoms with Crippen molar-refractivity contribution < 1.29 is 9.47 Å². The summed E-state index contributed by atoms with van der Waals surface area (Å²) in [6.45, 7) is 0. The summed E-state index contributed by atoms with van der Waals surface area (Å²) < 4.78 is 10.1. The second-order valence-electron chi connectivity index (χ2n) is 2.54. The number of benzene rings is 1. The molecule has 1 aromatic rings. The van der Waals surface area contributed by atoms with Crippen LogP contribution in [0.1, 0.15) is 17.4 Å². The average Bonchev–Trinajstić information content (AvgIpc) is 2.20. The number of methoxy groups -OCH3 is 2. The lowest BCUT2D eigenvalue weighted by molar-refractivity contribution is -0.106. The van der Waals surface area contributed by atoms with Crippen LogP contribution in [0.4, 0.5) is 0 Å². The number of nitrogens with zero attached hydrogens (tertiary/aromatic N) is 1. The lowest BCUT2D eigenvalue weighted by Gasteiger charge is -2.13. The molecule has 0 aliphatic carbocycles. The first-order valence-electron chi connectivity index (χ1n) is 3.87. The van der Waals surface area contributed by atoms with Gasteiger partial charge in [0.25, 0.3) is 0 Å². The normalized spacial score (nSPS) is 10.0. The molecule has 0 fully saturated rings. The van der Waals surface area contributed by atoms with E-state index in [-0.39, 0.29) is 0 Å². The summed E-state index contributed by atoms with van der Waals surface area (Å²) in [6, 6.07) is 9.21. The van der Waals surface area contributed by atoms with Crippen molar-refractivity contribution in [2.24, 2.45) is 0 Å². The summed E-state index contributed by atoms with van der Waals surface area (Å²) in [5, 5.41) is 8.66. The van der Waals surface area contributed by atoms with Gasteiger partial charge >= 0.3 is 0 Å². The summed E-state index contributed by atoms with van der Waals surface area (Å²) >= 11 is 0. The molecule has 0 atom stereocenters. The lowest BCUT2D eigenvalue weighted by Crippen LogP contribution is -2.03. The van der Waals surface area contributed by atoms with Crippen molar-refractivity contribution >= 4 is 0 Å². The van der Waals surface area contributed by atoms with E-state index in [0.717, 1.165) is 5.56 Å². The van der Waals surface area contributed by atoms with Crippen LogP contribution >= 0.6 is 0 Å². The summed E-state index contributed by atoms with van der Waals surface area (Å²) in [7, 11) is 3.13. The van der Waals surface area contributed by atoms with Crippen molar-refractivity contribution in [3.63, 3.8) is 0 Å². The van der Waals surface area contributed by atoms with E-state index in [2.05, 4.69) is 6.07 Å². The van der Waals surface area contributed by atoms with Gasteiger partial charge < -0.3 is 9.47 Å². The van der Waals surface area contributed by atoms with Crippen molar-refractivity contribution in [3.8, 4) is 6.07 Å². The zero-order valence-electron chi connectivity index (χ0n) is 7.65. The number of ether oxygens (including phenoxy) is 2. The monoisotopic (exact) mass is 177 g/mol. The maximum absolute atomic E-state index is 8.66. The molecule has 3 nitrogen and oxygen atoms in total. The van der Waals surface area contributed by atoms with Crippen LogP contribution in [-0.2, 0) is 9.47 Å². The summed E-state index contributed by atoms with van der Waals surface area (Å²) in [5.41, 5.74) is 1.46. The molecular formula is C10H11NO2. The van der Waals surface area contributed by atoms with Crippen LogP contribution in [-0.4, -0.2) is 14.2 Å². The summed E-state index contributed by atoms with van der Waals surface area (Å²) in [5.74, 6) is 0. The highest BCUT2D eigenvalue weighted by atomic mass is 16.7. The Balaban J connectivity index is 2.94. The highest BCUT2D eigenvalue weighted by molar-refractivity contribution is 5.33. The standard InChI is InChI=1S/C10H11NO2/c1-12-10(13-2)9-5-3-4-8(6-9)7-11/h3-6,10H,1-2H3. The van der Waals surface area contributed by atoms with Gasteiger partial charge in [-0.15, -0.1) is 0 Å². The van der Waals surface area contributed by atoms with Crippen LogP contribution in [0.25, 0.3) is 0 Å². The van der Waals surface area contributed by atoms with Crippen molar-refractivity contribution in [1.29, 1.82) is 5.26 Å². The van der Waals surface area contributed by atoms with E-state index >= 15 is 0 Å². The van der Waals surface area contributed by atoms with Crippen molar-refractivity contribution in [2.75, 3.05) is 14.2 Å². The maximum atomic E-state index is 8.66. The fourth-order valence-corrected chi connectivity index (χ4v) is 1.12. The van der Waals surface area contributed by atoms with Crippen LogP contribution in [0.3, 0.4) is 0 Å². The maximum Gasteiger partial charge on any atom is 0.183 e. The van der Waals surface area contributed by atoms with Crippen LogP contribution < -0.4 is 0 Å². The largest absolute Gasteiger partial charge is 0.352 e. The second kappa shape index (κ2) is 4.61. The minimum absolute atomic E-state index is 0.395. The Morgan fingerprint density at radius 2 is 2.00 bits per heavy atom. The predicted molar refractivity (Wildman–Crippen MR) is 47.9 cm³/mol. The molecule has 0 unspecified atom stereocenters. The highest BCUT2D eigenvalue weighted by Crippen LogP contribution is 2.17. The Hall–Kier alpha value is -1.37. The van der Waals surface area contributed by atoms with E-state index in [9.17, 15) is 0 Å². The van der Waals surface area contributed by atoms with E-state index in [1.807, 2.05) is 6.07 Å². The molecule has 3 heteroatoms. The summed E-state index contributed by atoms with van der Waals surface area (Å²) in [6.07, 6.45) is -0.395. The Bertz CT molecular complexity index is 313. The van der Waals surface area contributed by atoms with Gasteiger partial charge in [0.05, 0.1) is 11.6 Å². The van der Waals surface area contributed by atoms with Gasteiger partial charge in [0, 0.05) is 19.8 Å². The Kier molecular flexibility index (Phi) is 3.44. The van der Waals surface area contributed by atoms with E-state index in [1.165, 1.54) is 0 Å². The smallest absolute Gasteiger partial charge is 0.183 e. The van der Waals surface area contributed by atoms with Crippen LogP contribution in [0.5, 0.6) is 0 Å². The van der Waals surface area contributed by atoms with Gasteiger partial charge in [-0.25, -0.2) is 0 Å². The molecule has 13 heavy (non-hydrogen) atoms. The SMILES string of the molecule is COC(OC)c1cccc(C#N)c1. The van der Waals surface area contributed by atoms with Gasteiger partial charge in [0.15, 0.2) is 6.29 Å². The third-order valence-electron chi connectivity index (χ3n) is 1.72. The second-order valence-corrected chi connectivity index (χ2v) is 2.54. The van der Waals surface area contributed by atoms with Crippen LogP contribution in [0, 0.1) is 11.3 Å². The van der Waals surface area contributed by atoms with Gasteiger partial charge in [-0.05, 0) is 12.1 Å². The molecule has 0 saturated heterocycles. The minimum atomic E-state index is -0.395. The predicted octanol–water partition coefficient (Wildman–Crippen LogP) is 1.85. The molecule has 1 rings (SSSR count). The molecule has 0 N–H and O–H groups in total. The number of rotatable bonds is 3. The van der Waals surface area contributed by atoms with E-state index < -0.39 is 6.29 Å². The molecule has 1 aromatic carbocycles. The molecule has 0 aliphatic rings. The fraction of sp³-hybridized carbons (Fsp3) is 0.300. The molecule has 0 bridgehead atoms.